The monoisotopic (exact) mass is 255 g/mol. The van der Waals surface area contributed by atoms with Gasteiger partial charge in [0, 0.05) is 6.04 Å². The molecule has 18 heavy (non-hydrogen) atoms. The molecule has 1 N–H and O–H groups in total. The first-order valence-electron chi connectivity index (χ1n) is 7.11. The number of carbonyl (C=O) groups is 1. The molecule has 0 bridgehead atoms. The van der Waals surface area contributed by atoms with E-state index in [0.29, 0.717) is 12.0 Å². The fraction of sp³-hybridized carbons (Fsp3) is 0.929. The molecule has 106 valence electrons. The van der Waals surface area contributed by atoms with E-state index in [1.807, 2.05) is 0 Å². The van der Waals surface area contributed by atoms with E-state index in [1.165, 1.54) is 0 Å². The lowest BCUT2D eigenvalue weighted by Crippen LogP contribution is -2.44. The van der Waals surface area contributed by atoms with Gasteiger partial charge in [-0.2, -0.15) is 0 Å². The van der Waals surface area contributed by atoms with Gasteiger partial charge < -0.3 is 9.80 Å². The Bertz CT molecular complexity index is 278. The summed E-state index contributed by atoms with van der Waals surface area (Å²) >= 11 is 0. The van der Waals surface area contributed by atoms with Gasteiger partial charge in [0.2, 0.25) is 5.91 Å². The van der Waals surface area contributed by atoms with Crippen LogP contribution in [0.25, 0.3) is 0 Å². The van der Waals surface area contributed by atoms with Crippen molar-refractivity contribution in [2.75, 3.05) is 20.6 Å². The predicted octanol–water partition coefficient (Wildman–Crippen LogP) is 1.52. The third kappa shape index (κ3) is 3.45. The Labute approximate surface area is 112 Å². The fourth-order valence-electron chi connectivity index (χ4n) is 2.57. The first-order valence-corrected chi connectivity index (χ1v) is 7.11. The molecule has 0 aromatic carbocycles. The molecule has 0 spiro atoms. The van der Waals surface area contributed by atoms with Crippen molar-refractivity contribution in [3.8, 4) is 0 Å². The average molecular weight is 255 g/mol. The van der Waals surface area contributed by atoms with Crippen molar-refractivity contribution < 1.29 is 4.79 Å². The third-order valence-corrected chi connectivity index (χ3v) is 3.75. The number of rotatable bonds is 6. The summed E-state index contributed by atoms with van der Waals surface area (Å²) in [5, 5.41) is 3.47. The van der Waals surface area contributed by atoms with E-state index in [-0.39, 0.29) is 18.1 Å². The highest BCUT2D eigenvalue weighted by atomic mass is 16.2. The van der Waals surface area contributed by atoms with Crippen LogP contribution in [-0.4, -0.2) is 54.6 Å². The lowest BCUT2D eigenvalue weighted by molar-refractivity contribution is -0.132. The molecule has 1 aliphatic heterocycles. The largest absolute Gasteiger partial charge is 0.323 e. The van der Waals surface area contributed by atoms with Gasteiger partial charge in [0.05, 0.1) is 12.2 Å². The lowest BCUT2D eigenvalue weighted by atomic mass is 10.0. The van der Waals surface area contributed by atoms with Crippen molar-refractivity contribution >= 4 is 5.91 Å². The maximum Gasteiger partial charge on any atom is 0.241 e. The highest BCUT2D eigenvalue weighted by Gasteiger charge is 2.41. The molecule has 0 aromatic rings. The molecule has 1 heterocycles. The molecule has 1 aliphatic rings. The van der Waals surface area contributed by atoms with Crippen LogP contribution in [0.15, 0.2) is 0 Å². The van der Waals surface area contributed by atoms with Crippen molar-refractivity contribution in [3.63, 3.8) is 0 Å². The lowest BCUT2D eigenvalue weighted by Gasteiger charge is -2.30. The second-order valence-corrected chi connectivity index (χ2v) is 6.00. The molecule has 0 saturated carbocycles. The Kier molecular flexibility index (Phi) is 5.60. The molecule has 0 aliphatic carbocycles. The molecule has 1 amide bonds. The van der Waals surface area contributed by atoms with Gasteiger partial charge >= 0.3 is 0 Å². The Morgan fingerprint density at radius 3 is 2.39 bits per heavy atom. The summed E-state index contributed by atoms with van der Waals surface area (Å²) < 4.78 is 0. The van der Waals surface area contributed by atoms with Crippen LogP contribution in [0.5, 0.6) is 0 Å². The highest BCUT2D eigenvalue weighted by Crippen LogP contribution is 2.22. The predicted molar refractivity (Wildman–Crippen MR) is 75.3 cm³/mol. The smallest absolute Gasteiger partial charge is 0.241 e. The van der Waals surface area contributed by atoms with E-state index in [0.717, 1.165) is 19.4 Å². The molecule has 3 atom stereocenters. The van der Waals surface area contributed by atoms with Crippen LogP contribution in [0.3, 0.4) is 0 Å². The van der Waals surface area contributed by atoms with Gasteiger partial charge in [0.25, 0.3) is 0 Å². The molecule has 1 saturated heterocycles. The molecule has 0 radical (unpaired) electrons. The summed E-state index contributed by atoms with van der Waals surface area (Å²) in [7, 11) is 4.15. The zero-order chi connectivity index (χ0) is 13.9. The molecule has 3 unspecified atom stereocenters. The summed E-state index contributed by atoms with van der Waals surface area (Å²) in [5.74, 6) is 0.640. The summed E-state index contributed by atoms with van der Waals surface area (Å²) in [4.78, 5) is 16.7. The van der Waals surface area contributed by atoms with E-state index in [9.17, 15) is 4.79 Å². The first-order chi connectivity index (χ1) is 8.38. The minimum atomic E-state index is -0.00300. The van der Waals surface area contributed by atoms with E-state index >= 15 is 0 Å². The van der Waals surface area contributed by atoms with Gasteiger partial charge in [-0.05, 0) is 46.3 Å². The van der Waals surface area contributed by atoms with Gasteiger partial charge in [0.1, 0.15) is 0 Å². The number of carbonyl (C=O) groups excluding carboxylic acids is 1. The molecule has 1 fully saturated rings. The van der Waals surface area contributed by atoms with Gasteiger partial charge in [-0.1, -0.05) is 20.8 Å². The van der Waals surface area contributed by atoms with Gasteiger partial charge in [-0.15, -0.1) is 0 Å². The van der Waals surface area contributed by atoms with Crippen LogP contribution in [0.4, 0.5) is 0 Å². The quantitative estimate of drug-likeness (QED) is 0.781. The fourth-order valence-corrected chi connectivity index (χ4v) is 2.57. The van der Waals surface area contributed by atoms with Crippen molar-refractivity contribution in [1.29, 1.82) is 0 Å². The molecule has 1 rings (SSSR count). The number of nitrogens with one attached hydrogen (secondary N) is 1. The second kappa shape index (κ2) is 6.53. The van der Waals surface area contributed by atoms with E-state index in [1.54, 1.807) is 0 Å². The van der Waals surface area contributed by atoms with Crippen LogP contribution in [-0.2, 0) is 4.79 Å². The average Bonchev–Trinajstić information content (AvgIpc) is 2.63. The van der Waals surface area contributed by atoms with Crippen molar-refractivity contribution in [3.05, 3.63) is 0 Å². The van der Waals surface area contributed by atoms with Crippen LogP contribution < -0.4 is 5.32 Å². The maximum atomic E-state index is 12.5. The van der Waals surface area contributed by atoms with Crippen molar-refractivity contribution in [2.24, 2.45) is 5.92 Å². The number of hydrogen-bond acceptors (Lipinski definition) is 3. The zero-order valence-electron chi connectivity index (χ0n) is 12.7. The summed E-state index contributed by atoms with van der Waals surface area (Å²) in [6.07, 6.45) is 2.21. The minimum absolute atomic E-state index is 0.00300. The number of nitrogens with zero attached hydrogens (tertiary/aromatic N) is 2. The van der Waals surface area contributed by atoms with Crippen LogP contribution in [0.2, 0.25) is 0 Å². The Morgan fingerprint density at radius 1 is 1.33 bits per heavy atom. The molecule has 0 aromatic heterocycles. The Hall–Kier alpha value is -0.610. The number of hydrogen-bond donors (Lipinski definition) is 1. The molecule has 4 heteroatoms. The Balaban J connectivity index is 2.69. The minimum Gasteiger partial charge on any atom is -0.323 e. The van der Waals surface area contributed by atoms with Crippen LogP contribution >= 0.6 is 0 Å². The van der Waals surface area contributed by atoms with Crippen LogP contribution in [0, 0.1) is 5.92 Å². The zero-order valence-corrected chi connectivity index (χ0v) is 12.7. The second-order valence-electron chi connectivity index (χ2n) is 6.00. The van der Waals surface area contributed by atoms with Gasteiger partial charge in [-0.3, -0.25) is 10.1 Å². The molecule has 4 nitrogen and oxygen atoms in total. The van der Waals surface area contributed by atoms with Gasteiger partial charge in [0.15, 0.2) is 0 Å². The van der Waals surface area contributed by atoms with Gasteiger partial charge in [-0.25, -0.2) is 0 Å². The number of amides is 1. The summed E-state index contributed by atoms with van der Waals surface area (Å²) in [5.41, 5.74) is 0. The normalized spacial score (nSPS) is 26.4. The van der Waals surface area contributed by atoms with Crippen molar-refractivity contribution in [2.45, 2.75) is 58.8 Å². The van der Waals surface area contributed by atoms with E-state index in [2.05, 4.69) is 56.9 Å². The van der Waals surface area contributed by atoms with E-state index < -0.39 is 0 Å². The van der Waals surface area contributed by atoms with E-state index in [4.69, 9.17) is 0 Å². The standard InChI is InChI=1S/C14H29N3O/c1-7-12-15-13(10(2)3)14(18)17(12)11(4)8-9-16(5)6/h10-13,15H,7-9H2,1-6H3. The Morgan fingerprint density at radius 2 is 1.94 bits per heavy atom. The summed E-state index contributed by atoms with van der Waals surface area (Å²) in [6.45, 7) is 9.54. The highest BCUT2D eigenvalue weighted by molar-refractivity contribution is 5.84. The topological polar surface area (TPSA) is 35.6 Å². The first kappa shape index (κ1) is 15.4. The third-order valence-electron chi connectivity index (χ3n) is 3.75. The van der Waals surface area contributed by atoms with Crippen molar-refractivity contribution in [1.82, 2.24) is 15.1 Å². The SMILES string of the molecule is CCC1NC(C(C)C)C(=O)N1C(C)CCN(C)C. The molecular weight excluding hydrogens is 226 g/mol. The maximum absolute atomic E-state index is 12.5. The van der Waals surface area contributed by atoms with Crippen LogP contribution in [0.1, 0.15) is 40.5 Å². The summed E-state index contributed by atoms with van der Waals surface area (Å²) in [6, 6.07) is 0.304. The molecular formula is C14H29N3O.